The van der Waals surface area contributed by atoms with E-state index in [0.717, 1.165) is 6.04 Å². The maximum atomic E-state index is 6.30. The summed E-state index contributed by atoms with van der Waals surface area (Å²) >= 11 is 0. The third-order valence-corrected chi connectivity index (χ3v) is 4.92. The predicted molar refractivity (Wildman–Crippen MR) is 101 cm³/mol. The highest BCUT2D eigenvalue weighted by atomic mass is 15.1. The summed E-state index contributed by atoms with van der Waals surface area (Å²) in [6, 6.07) is 1.15. The van der Waals surface area contributed by atoms with Crippen molar-refractivity contribution >= 4 is 0 Å². The lowest BCUT2D eigenvalue weighted by Crippen LogP contribution is -2.30. The Morgan fingerprint density at radius 1 is 0.636 bits per heavy atom. The molecule has 2 nitrogen and oxygen atoms in total. The maximum Gasteiger partial charge on any atom is 0.00897 e. The lowest BCUT2D eigenvalue weighted by atomic mass is 9.97. The Kier molecular flexibility index (Phi) is 15.7. The van der Waals surface area contributed by atoms with Gasteiger partial charge in [-0.3, -0.25) is 0 Å². The summed E-state index contributed by atoms with van der Waals surface area (Å²) in [4.78, 5) is 2.41. The number of hydrogen-bond acceptors (Lipinski definition) is 2. The minimum atomic E-state index is 0.420. The third-order valence-electron chi connectivity index (χ3n) is 4.92. The van der Waals surface area contributed by atoms with Gasteiger partial charge in [-0.05, 0) is 39.8 Å². The van der Waals surface area contributed by atoms with Gasteiger partial charge in [0.25, 0.3) is 0 Å². The Hall–Kier alpha value is -0.0800. The zero-order chi connectivity index (χ0) is 16.6. The fourth-order valence-corrected chi connectivity index (χ4v) is 3.21. The van der Waals surface area contributed by atoms with E-state index < -0.39 is 0 Å². The third kappa shape index (κ3) is 13.6. The van der Waals surface area contributed by atoms with Crippen LogP contribution in [0, 0.1) is 0 Å². The van der Waals surface area contributed by atoms with Crippen LogP contribution in [0.15, 0.2) is 0 Å². The molecule has 0 aliphatic heterocycles. The van der Waals surface area contributed by atoms with Crippen LogP contribution in [0.1, 0.15) is 104 Å². The summed E-state index contributed by atoms with van der Waals surface area (Å²) in [5.74, 6) is 0. The number of nitrogens with zero attached hydrogens (tertiary/aromatic N) is 1. The quantitative estimate of drug-likeness (QED) is 0.368. The van der Waals surface area contributed by atoms with Crippen LogP contribution in [0.25, 0.3) is 0 Å². The van der Waals surface area contributed by atoms with Crippen molar-refractivity contribution in [3.8, 4) is 0 Å². The molecule has 0 saturated heterocycles. The van der Waals surface area contributed by atoms with E-state index in [1.54, 1.807) is 0 Å². The second kappa shape index (κ2) is 15.8. The lowest BCUT2D eigenvalue weighted by molar-refractivity contribution is 0.247. The van der Waals surface area contributed by atoms with Gasteiger partial charge in [-0.2, -0.15) is 0 Å². The Morgan fingerprint density at radius 2 is 1.14 bits per heavy atom. The molecule has 134 valence electrons. The van der Waals surface area contributed by atoms with E-state index in [2.05, 4.69) is 32.8 Å². The molecule has 0 heterocycles. The number of unbranched alkanes of at least 4 members (excludes halogenated alkanes) is 8. The molecule has 0 amide bonds. The summed E-state index contributed by atoms with van der Waals surface area (Å²) in [6.07, 6.45) is 18.8. The molecule has 0 radical (unpaired) electrons. The van der Waals surface area contributed by atoms with Gasteiger partial charge in [-0.25, -0.2) is 0 Å². The fraction of sp³-hybridized carbons (Fsp3) is 1.00. The van der Waals surface area contributed by atoms with Gasteiger partial charge in [0.15, 0.2) is 0 Å². The van der Waals surface area contributed by atoms with E-state index in [9.17, 15) is 0 Å². The normalized spacial score (nSPS) is 14.5. The highest BCUT2D eigenvalue weighted by molar-refractivity contribution is 4.71. The van der Waals surface area contributed by atoms with Crippen LogP contribution in [0.4, 0.5) is 0 Å². The molecule has 0 saturated carbocycles. The molecule has 0 aromatic carbocycles. The first-order valence-corrected chi connectivity index (χ1v) is 10.0. The molecule has 2 heteroatoms. The molecule has 22 heavy (non-hydrogen) atoms. The van der Waals surface area contributed by atoms with Gasteiger partial charge in [-0.1, -0.05) is 78.1 Å². The van der Waals surface area contributed by atoms with Crippen LogP contribution in [0.3, 0.4) is 0 Å². The molecule has 0 fully saturated rings. The van der Waals surface area contributed by atoms with Crippen LogP contribution >= 0.6 is 0 Å². The molecule has 2 unspecified atom stereocenters. The summed E-state index contributed by atoms with van der Waals surface area (Å²) in [6.45, 7) is 4.55. The minimum Gasteiger partial charge on any atom is -0.328 e. The Balaban J connectivity index is 3.70. The lowest BCUT2D eigenvalue weighted by Gasteiger charge is -2.25. The van der Waals surface area contributed by atoms with Gasteiger partial charge in [0.2, 0.25) is 0 Å². The SMILES string of the molecule is CCCCCCCCC(CCC(N)CCCCCC)N(C)C. The van der Waals surface area contributed by atoms with Crippen molar-refractivity contribution in [1.82, 2.24) is 4.90 Å². The first kappa shape index (κ1) is 21.9. The van der Waals surface area contributed by atoms with Gasteiger partial charge in [0.1, 0.15) is 0 Å². The molecule has 0 aromatic heterocycles. The molecule has 2 N–H and O–H groups in total. The molecule has 2 atom stereocenters. The molecule has 0 aliphatic carbocycles. The number of rotatable bonds is 16. The van der Waals surface area contributed by atoms with Gasteiger partial charge in [-0.15, -0.1) is 0 Å². The number of nitrogens with two attached hydrogens (primary N) is 1. The summed E-state index contributed by atoms with van der Waals surface area (Å²) < 4.78 is 0. The zero-order valence-electron chi connectivity index (χ0n) is 16.1. The molecule has 0 aromatic rings. The summed E-state index contributed by atoms with van der Waals surface area (Å²) in [5.41, 5.74) is 6.30. The topological polar surface area (TPSA) is 29.3 Å². The molecule has 0 bridgehead atoms. The Labute approximate surface area is 141 Å². The highest BCUT2D eigenvalue weighted by Gasteiger charge is 2.13. The van der Waals surface area contributed by atoms with Crippen molar-refractivity contribution in [1.29, 1.82) is 0 Å². The van der Waals surface area contributed by atoms with Crippen LogP contribution in [0.5, 0.6) is 0 Å². The van der Waals surface area contributed by atoms with Crippen molar-refractivity contribution in [2.24, 2.45) is 5.73 Å². The van der Waals surface area contributed by atoms with E-state index in [4.69, 9.17) is 5.73 Å². The first-order chi connectivity index (χ1) is 10.6. The van der Waals surface area contributed by atoms with Crippen molar-refractivity contribution in [3.63, 3.8) is 0 Å². The maximum absolute atomic E-state index is 6.30. The monoisotopic (exact) mass is 312 g/mol. The smallest absolute Gasteiger partial charge is 0.00897 e. The fourth-order valence-electron chi connectivity index (χ4n) is 3.21. The molecule has 0 aliphatic rings. The molecule has 0 spiro atoms. The summed E-state index contributed by atoms with van der Waals surface area (Å²) in [7, 11) is 4.46. The second-order valence-corrected chi connectivity index (χ2v) is 7.36. The average Bonchev–Trinajstić information content (AvgIpc) is 2.49. The molecular formula is C20H44N2. The van der Waals surface area contributed by atoms with Gasteiger partial charge >= 0.3 is 0 Å². The average molecular weight is 313 g/mol. The van der Waals surface area contributed by atoms with E-state index in [0.29, 0.717) is 6.04 Å². The minimum absolute atomic E-state index is 0.420. The van der Waals surface area contributed by atoms with Crippen LogP contribution < -0.4 is 5.73 Å². The van der Waals surface area contributed by atoms with E-state index in [-0.39, 0.29) is 0 Å². The predicted octanol–water partition coefficient (Wildman–Crippen LogP) is 5.75. The van der Waals surface area contributed by atoms with E-state index in [1.807, 2.05) is 0 Å². The second-order valence-electron chi connectivity index (χ2n) is 7.36. The highest BCUT2D eigenvalue weighted by Crippen LogP contribution is 2.16. The first-order valence-electron chi connectivity index (χ1n) is 10.0. The van der Waals surface area contributed by atoms with Crippen molar-refractivity contribution in [2.45, 2.75) is 116 Å². The standard InChI is InChI=1S/C20H44N2/c1-5-7-9-11-12-14-16-20(22(3)4)18-17-19(21)15-13-10-8-6-2/h19-20H,5-18,21H2,1-4H3. The van der Waals surface area contributed by atoms with Gasteiger partial charge in [0, 0.05) is 12.1 Å². The number of hydrogen-bond donors (Lipinski definition) is 1. The van der Waals surface area contributed by atoms with Crippen LogP contribution in [-0.4, -0.2) is 31.1 Å². The van der Waals surface area contributed by atoms with Crippen molar-refractivity contribution in [2.75, 3.05) is 14.1 Å². The van der Waals surface area contributed by atoms with Crippen LogP contribution in [-0.2, 0) is 0 Å². The van der Waals surface area contributed by atoms with Crippen molar-refractivity contribution in [3.05, 3.63) is 0 Å². The molecular weight excluding hydrogens is 268 g/mol. The van der Waals surface area contributed by atoms with Crippen LogP contribution in [0.2, 0.25) is 0 Å². The zero-order valence-corrected chi connectivity index (χ0v) is 16.1. The Bertz CT molecular complexity index is 216. The van der Waals surface area contributed by atoms with Gasteiger partial charge in [0.05, 0.1) is 0 Å². The van der Waals surface area contributed by atoms with E-state index >= 15 is 0 Å². The summed E-state index contributed by atoms with van der Waals surface area (Å²) in [5, 5.41) is 0. The molecule has 0 rings (SSSR count). The van der Waals surface area contributed by atoms with Gasteiger partial charge < -0.3 is 10.6 Å². The van der Waals surface area contributed by atoms with Crippen molar-refractivity contribution < 1.29 is 0 Å². The Morgan fingerprint density at radius 3 is 1.73 bits per heavy atom. The largest absolute Gasteiger partial charge is 0.328 e. The van der Waals surface area contributed by atoms with E-state index in [1.165, 1.54) is 89.9 Å².